The van der Waals surface area contributed by atoms with Gasteiger partial charge in [-0.3, -0.25) is 0 Å². The van der Waals surface area contributed by atoms with Gasteiger partial charge in [0.05, 0.1) is 4.90 Å². The standard InChI is InChI=1S/C15H24N2O2S/c1-5-12-10-15(12)16-11(2)13-6-8-14(9-7-13)20(18,19)17(3)4/h6-9,11-12,15-16H,5,10H2,1-4H3. The molecule has 112 valence electrons. The third-order valence-corrected chi connectivity index (χ3v) is 5.90. The fourth-order valence-corrected chi connectivity index (χ4v) is 3.36. The Kier molecular flexibility index (Phi) is 4.52. The topological polar surface area (TPSA) is 49.4 Å². The number of sulfonamides is 1. The fraction of sp³-hybridized carbons (Fsp3) is 0.600. The summed E-state index contributed by atoms with van der Waals surface area (Å²) in [5.41, 5.74) is 1.13. The van der Waals surface area contributed by atoms with E-state index in [1.54, 1.807) is 26.2 Å². The van der Waals surface area contributed by atoms with Gasteiger partial charge in [0.2, 0.25) is 10.0 Å². The molecule has 0 spiro atoms. The molecule has 1 aliphatic rings. The van der Waals surface area contributed by atoms with Gasteiger partial charge in [0.25, 0.3) is 0 Å². The summed E-state index contributed by atoms with van der Waals surface area (Å²) in [4.78, 5) is 0.344. The van der Waals surface area contributed by atoms with Gasteiger partial charge in [0, 0.05) is 26.2 Å². The highest BCUT2D eigenvalue weighted by Crippen LogP contribution is 2.35. The molecule has 3 atom stereocenters. The van der Waals surface area contributed by atoms with Gasteiger partial charge in [0.1, 0.15) is 0 Å². The van der Waals surface area contributed by atoms with Gasteiger partial charge in [-0.25, -0.2) is 12.7 Å². The van der Waals surface area contributed by atoms with E-state index in [1.807, 2.05) is 12.1 Å². The average molecular weight is 296 g/mol. The summed E-state index contributed by atoms with van der Waals surface area (Å²) < 4.78 is 25.2. The van der Waals surface area contributed by atoms with Gasteiger partial charge in [-0.05, 0) is 37.0 Å². The van der Waals surface area contributed by atoms with Crippen molar-refractivity contribution in [3.63, 3.8) is 0 Å². The minimum absolute atomic E-state index is 0.257. The number of nitrogens with one attached hydrogen (secondary N) is 1. The largest absolute Gasteiger partial charge is 0.307 e. The fourth-order valence-electron chi connectivity index (χ4n) is 2.46. The molecule has 1 aromatic rings. The van der Waals surface area contributed by atoms with E-state index in [4.69, 9.17) is 0 Å². The lowest BCUT2D eigenvalue weighted by Crippen LogP contribution is -2.23. The molecule has 1 aromatic carbocycles. The maximum absolute atomic E-state index is 12.0. The van der Waals surface area contributed by atoms with Gasteiger partial charge >= 0.3 is 0 Å². The first-order chi connectivity index (χ1) is 9.36. The molecule has 20 heavy (non-hydrogen) atoms. The van der Waals surface area contributed by atoms with Crippen LogP contribution in [-0.4, -0.2) is 32.9 Å². The lowest BCUT2D eigenvalue weighted by atomic mass is 10.1. The minimum atomic E-state index is -3.33. The Morgan fingerprint density at radius 3 is 2.35 bits per heavy atom. The van der Waals surface area contributed by atoms with Crippen LogP contribution in [0.2, 0.25) is 0 Å². The van der Waals surface area contributed by atoms with Crippen molar-refractivity contribution >= 4 is 10.0 Å². The van der Waals surface area contributed by atoms with Gasteiger partial charge in [-0.1, -0.05) is 25.5 Å². The molecule has 0 heterocycles. The molecule has 0 bridgehead atoms. The van der Waals surface area contributed by atoms with Gasteiger partial charge in [-0.2, -0.15) is 0 Å². The second-order valence-electron chi connectivity index (χ2n) is 5.76. The Morgan fingerprint density at radius 1 is 1.30 bits per heavy atom. The molecule has 0 saturated heterocycles. The SMILES string of the molecule is CCC1CC1NC(C)c1ccc(S(=O)(=O)N(C)C)cc1. The van der Waals surface area contributed by atoms with Crippen LogP contribution in [0.5, 0.6) is 0 Å². The highest BCUT2D eigenvalue weighted by molar-refractivity contribution is 7.89. The van der Waals surface area contributed by atoms with Crippen molar-refractivity contribution in [1.29, 1.82) is 0 Å². The Balaban J connectivity index is 2.05. The summed E-state index contributed by atoms with van der Waals surface area (Å²) in [6, 6.07) is 8.06. The molecule has 1 fully saturated rings. The quantitative estimate of drug-likeness (QED) is 0.877. The predicted molar refractivity (Wildman–Crippen MR) is 81.1 cm³/mol. The summed E-state index contributed by atoms with van der Waals surface area (Å²) in [7, 11) is -0.236. The number of rotatable bonds is 6. The third-order valence-electron chi connectivity index (χ3n) is 4.07. The van der Waals surface area contributed by atoms with Crippen molar-refractivity contribution in [3.8, 4) is 0 Å². The molecule has 1 N–H and O–H groups in total. The summed E-state index contributed by atoms with van der Waals surface area (Å²) in [6.45, 7) is 4.35. The highest BCUT2D eigenvalue weighted by atomic mass is 32.2. The maximum Gasteiger partial charge on any atom is 0.242 e. The summed E-state index contributed by atoms with van der Waals surface area (Å²) in [5.74, 6) is 0.811. The predicted octanol–water partition coefficient (Wildman–Crippen LogP) is 2.39. The summed E-state index contributed by atoms with van der Waals surface area (Å²) >= 11 is 0. The van der Waals surface area contributed by atoms with E-state index in [0.29, 0.717) is 10.9 Å². The van der Waals surface area contributed by atoms with E-state index in [0.717, 1.165) is 11.5 Å². The zero-order valence-electron chi connectivity index (χ0n) is 12.6. The van der Waals surface area contributed by atoms with E-state index in [1.165, 1.54) is 17.1 Å². The van der Waals surface area contributed by atoms with Crippen molar-refractivity contribution in [1.82, 2.24) is 9.62 Å². The zero-order valence-corrected chi connectivity index (χ0v) is 13.4. The number of nitrogens with zero attached hydrogens (tertiary/aromatic N) is 1. The molecular weight excluding hydrogens is 272 g/mol. The molecular formula is C15H24N2O2S. The van der Waals surface area contributed by atoms with Crippen molar-refractivity contribution in [3.05, 3.63) is 29.8 Å². The summed E-state index contributed by atoms with van der Waals surface area (Å²) in [6.07, 6.45) is 2.48. The molecule has 0 aliphatic heterocycles. The van der Waals surface area contributed by atoms with E-state index < -0.39 is 10.0 Å². The van der Waals surface area contributed by atoms with Crippen LogP contribution < -0.4 is 5.32 Å². The third kappa shape index (κ3) is 3.22. The van der Waals surface area contributed by atoms with Crippen molar-refractivity contribution < 1.29 is 8.42 Å². The normalized spacial score (nSPS) is 23.9. The highest BCUT2D eigenvalue weighted by Gasteiger charge is 2.35. The van der Waals surface area contributed by atoms with E-state index in [-0.39, 0.29) is 6.04 Å². The first kappa shape index (κ1) is 15.5. The van der Waals surface area contributed by atoms with Crippen LogP contribution in [0, 0.1) is 5.92 Å². The van der Waals surface area contributed by atoms with Gasteiger partial charge in [0.15, 0.2) is 0 Å². The lowest BCUT2D eigenvalue weighted by molar-refractivity contribution is 0.520. The average Bonchev–Trinajstić information content (AvgIpc) is 3.17. The molecule has 0 radical (unpaired) electrons. The lowest BCUT2D eigenvalue weighted by Gasteiger charge is -2.16. The molecule has 1 saturated carbocycles. The Labute approximate surface area is 122 Å². The van der Waals surface area contributed by atoms with E-state index in [2.05, 4.69) is 19.2 Å². The molecule has 2 rings (SSSR count). The molecule has 0 amide bonds. The van der Waals surface area contributed by atoms with E-state index >= 15 is 0 Å². The molecule has 5 heteroatoms. The van der Waals surface area contributed by atoms with Crippen LogP contribution in [0.15, 0.2) is 29.2 Å². The van der Waals surface area contributed by atoms with Crippen LogP contribution in [-0.2, 0) is 10.0 Å². The second-order valence-corrected chi connectivity index (χ2v) is 7.91. The van der Waals surface area contributed by atoms with Crippen molar-refractivity contribution in [2.75, 3.05) is 14.1 Å². The van der Waals surface area contributed by atoms with Crippen LogP contribution in [0.3, 0.4) is 0 Å². The number of hydrogen-bond acceptors (Lipinski definition) is 3. The molecule has 3 unspecified atom stereocenters. The molecule has 0 aromatic heterocycles. The maximum atomic E-state index is 12.0. The Hall–Kier alpha value is -0.910. The number of hydrogen-bond donors (Lipinski definition) is 1. The van der Waals surface area contributed by atoms with Crippen LogP contribution in [0.25, 0.3) is 0 Å². The van der Waals surface area contributed by atoms with Crippen molar-refractivity contribution in [2.24, 2.45) is 5.92 Å². The number of benzene rings is 1. The summed E-state index contributed by atoms with van der Waals surface area (Å²) in [5, 5.41) is 3.59. The van der Waals surface area contributed by atoms with Crippen LogP contribution in [0.4, 0.5) is 0 Å². The van der Waals surface area contributed by atoms with E-state index in [9.17, 15) is 8.42 Å². The monoisotopic (exact) mass is 296 g/mol. The van der Waals surface area contributed by atoms with Crippen LogP contribution >= 0.6 is 0 Å². The minimum Gasteiger partial charge on any atom is -0.307 e. The second kappa shape index (κ2) is 5.84. The first-order valence-corrected chi connectivity index (χ1v) is 8.58. The molecule has 1 aliphatic carbocycles. The smallest absolute Gasteiger partial charge is 0.242 e. The van der Waals surface area contributed by atoms with Gasteiger partial charge in [-0.15, -0.1) is 0 Å². The van der Waals surface area contributed by atoms with Gasteiger partial charge < -0.3 is 5.32 Å². The molecule has 4 nitrogen and oxygen atoms in total. The zero-order chi connectivity index (χ0) is 14.9. The van der Waals surface area contributed by atoms with Crippen molar-refractivity contribution in [2.45, 2.75) is 43.7 Å². The Bertz CT molecular complexity index is 552. The van der Waals surface area contributed by atoms with Crippen LogP contribution in [0.1, 0.15) is 38.3 Å². The Morgan fingerprint density at radius 2 is 1.90 bits per heavy atom. The first-order valence-electron chi connectivity index (χ1n) is 7.14.